The van der Waals surface area contributed by atoms with Crippen molar-refractivity contribution in [3.05, 3.63) is 23.0 Å². The highest BCUT2D eigenvalue weighted by Crippen LogP contribution is 2.25. The lowest BCUT2D eigenvalue weighted by Gasteiger charge is -2.07. The SMILES string of the molecule is COc1c(C#N)cc(C(F)F)nc1C=O. The van der Waals surface area contributed by atoms with Gasteiger partial charge in [0, 0.05) is 0 Å². The third kappa shape index (κ3) is 2.07. The lowest BCUT2D eigenvalue weighted by atomic mass is 10.2. The minimum Gasteiger partial charge on any atom is -0.493 e. The van der Waals surface area contributed by atoms with Gasteiger partial charge in [0.2, 0.25) is 0 Å². The van der Waals surface area contributed by atoms with Crippen molar-refractivity contribution in [2.75, 3.05) is 7.11 Å². The number of aldehydes is 1. The fourth-order valence-electron chi connectivity index (χ4n) is 1.06. The summed E-state index contributed by atoms with van der Waals surface area (Å²) < 4.78 is 29.3. The number of hydrogen-bond acceptors (Lipinski definition) is 4. The van der Waals surface area contributed by atoms with Gasteiger partial charge < -0.3 is 4.74 Å². The molecule has 0 aliphatic rings. The molecule has 1 aromatic heterocycles. The molecule has 0 aliphatic carbocycles. The lowest BCUT2D eigenvalue weighted by Crippen LogP contribution is -2.02. The first-order chi connectivity index (χ1) is 7.13. The van der Waals surface area contributed by atoms with Gasteiger partial charge in [-0.1, -0.05) is 0 Å². The van der Waals surface area contributed by atoms with Gasteiger partial charge in [-0.15, -0.1) is 0 Å². The van der Waals surface area contributed by atoms with E-state index in [9.17, 15) is 13.6 Å². The van der Waals surface area contributed by atoms with Crippen LogP contribution in [-0.2, 0) is 0 Å². The van der Waals surface area contributed by atoms with E-state index < -0.39 is 12.1 Å². The summed E-state index contributed by atoms with van der Waals surface area (Å²) in [7, 11) is 1.23. The molecule has 1 heterocycles. The highest BCUT2D eigenvalue weighted by molar-refractivity contribution is 5.78. The molecular formula is C9H6F2N2O2. The van der Waals surface area contributed by atoms with Crippen LogP contribution in [0.4, 0.5) is 8.78 Å². The van der Waals surface area contributed by atoms with E-state index in [1.807, 2.05) is 0 Å². The van der Waals surface area contributed by atoms with Crippen molar-refractivity contribution >= 4 is 6.29 Å². The first-order valence-electron chi connectivity index (χ1n) is 3.86. The number of carbonyl (C=O) groups excluding carboxylic acids is 1. The monoisotopic (exact) mass is 212 g/mol. The van der Waals surface area contributed by atoms with Crippen LogP contribution in [0, 0.1) is 11.3 Å². The Bertz CT molecular complexity index is 427. The molecular weight excluding hydrogens is 206 g/mol. The number of hydrogen-bond donors (Lipinski definition) is 0. The number of nitrogens with zero attached hydrogens (tertiary/aromatic N) is 2. The first kappa shape index (κ1) is 11.0. The van der Waals surface area contributed by atoms with E-state index in [4.69, 9.17) is 10.00 Å². The number of rotatable bonds is 3. The summed E-state index contributed by atoms with van der Waals surface area (Å²) >= 11 is 0. The summed E-state index contributed by atoms with van der Waals surface area (Å²) in [5.74, 6) is -0.0862. The van der Waals surface area contributed by atoms with Crippen molar-refractivity contribution in [1.29, 1.82) is 5.26 Å². The van der Waals surface area contributed by atoms with Gasteiger partial charge in [-0.2, -0.15) is 5.26 Å². The number of nitriles is 1. The summed E-state index contributed by atoms with van der Waals surface area (Å²) in [5, 5.41) is 8.66. The Morgan fingerprint density at radius 3 is 2.73 bits per heavy atom. The maximum absolute atomic E-state index is 12.3. The van der Waals surface area contributed by atoms with E-state index in [-0.39, 0.29) is 23.3 Å². The van der Waals surface area contributed by atoms with Crippen LogP contribution in [0.15, 0.2) is 6.07 Å². The van der Waals surface area contributed by atoms with Crippen LogP contribution in [0.1, 0.15) is 28.2 Å². The molecule has 4 nitrogen and oxygen atoms in total. The van der Waals surface area contributed by atoms with Gasteiger partial charge in [0.15, 0.2) is 12.0 Å². The second-order valence-electron chi connectivity index (χ2n) is 2.54. The Hall–Kier alpha value is -2.03. The quantitative estimate of drug-likeness (QED) is 0.715. The van der Waals surface area contributed by atoms with Crippen molar-refractivity contribution < 1.29 is 18.3 Å². The average Bonchev–Trinajstić information content (AvgIpc) is 2.26. The Labute approximate surface area is 84.1 Å². The summed E-state index contributed by atoms with van der Waals surface area (Å²) in [6, 6.07) is 2.56. The van der Waals surface area contributed by atoms with Gasteiger partial charge in [-0.25, -0.2) is 13.8 Å². The van der Waals surface area contributed by atoms with Crippen LogP contribution < -0.4 is 4.74 Å². The van der Waals surface area contributed by atoms with Crippen LogP contribution in [0.25, 0.3) is 0 Å². The zero-order valence-corrected chi connectivity index (χ0v) is 7.70. The van der Waals surface area contributed by atoms with E-state index >= 15 is 0 Å². The predicted octanol–water partition coefficient (Wildman–Crippen LogP) is 1.71. The minimum absolute atomic E-state index is 0.0862. The van der Waals surface area contributed by atoms with E-state index in [1.54, 1.807) is 6.07 Å². The number of methoxy groups -OCH3 is 1. The Morgan fingerprint density at radius 2 is 2.33 bits per heavy atom. The molecule has 1 aromatic rings. The van der Waals surface area contributed by atoms with Gasteiger partial charge in [-0.05, 0) is 6.07 Å². The topological polar surface area (TPSA) is 63.0 Å². The molecule has 6 heteroatoms. The Kier molecular flexibility index (Phi) is 3.29. The molecule has 0 aliphatic heterocycles. The van der Waals surface area contributed by atoms with Crippen molar-refractivity contribution in [1.82, 2.24) is 4.98 Å². The molecule has 0 aromatic carbocycles. The molecule has 0 unspecified atom stereocenters. The molecule has 0 bridgehead atoms. The van der Waals surface area contributed by atoms with Crippen LogP contribution in [-0.4, -0.2) is 18.4 Å². The summed E-state index contributed by atoms with van der Waals surface area (Å²) in [6.45, 7) is 0. The maximum Gasteiger partial charge on any atom is 0.280 e. The molecule has 0 radical (unpaired) electrons. The molecule has 0 atom stereocenters. The standard InChI is InChI=1S/C9H6F2N2O2/c1-15-8-5(3-12)2-6(9(10)11)13-7(8)4-14/h2,4,9H,1H3. The highest BCUT2D eigenvalue weighted by atomic mass is 19.3. The minimum atomic E-state index is -2.83. The highest BCUT2D eigenvalue weighted by Gasteiger charge is 2.17. The van der Waals surface area contributed by atoms with Crippen molar-refractivity contribution in [2.24, 2.45) is 0 Å². The van der Waals surface area contributed by atoms with Gasteiger partial charge in [0.05, 0.1) is 12.7 Å². The van der Waals surface area contributed by atoms with E-state index in [2.05, 4.69) is 4.98 Å². The first-order valence-corrected chi connectivity index (χ1v) is 3.86. The van der Waals surface area contributed by atoms with Gasteiger partial charge in [0.1, 0.15) is 17.5 Å². The zero-order valence-electron chi connectivity index (χ0n) is 7.70. The molecule has 0 saturated heterocycles. The van der Waals surface area contributed by atoms with Crippen LogP contribution >= 0.6 is 0 Å². The van der Waals surface area contributed by atoms with Crippen LogP contribution in [0.3, 0.4) is 0 Å². The van der Waals surface area contributed by atoms with E-state index in [0.717, 1.165) is 6.07 Å². The van der Waals surface area contributed by atoms with Crippen molar-refractivity contribution in [3.63, 3.8) is 0 Å². The number of aromatic nitrogens is 1. The number of alkyl halides is 2. The van der Waals surface area contributed by atoms with Gasteiger partial charge in [-0.3, -0.25) is 4.79 Å². The van der Waals surface area contributed by atoms with Gasteiger partial charge in [0.25, 0.3) is 6.43 Å². The predicted molar refractivity (Wildman–Crippen MR) is 45.8 cm³/mol. The third-order valence-corrected chi connectivity index (χ3v) is 1.68. The molecule has 0 saturated carbocycles. The number of carbonyl (C=O) groups is 1. The Balaban J connectivity index is 3.44. The fourth-order valence-corrected chi connectivity index (χ4v) is 1.06. The maximum atomic E-state index is 12.3. The second-order valence-corrected chi connectivity index (χ2v) is 2.54. The number of pyridine rings is 1. The Morgan fingerprint density at radius 1 is 1.67 bits per heavy atom. The summed E-state index contributed by atoms with van der Waals surface area (Å²) in [4.78, 5) is 13.9. The molecule has 0 fully saturated rings. The molecule has 1 rings (SSSR count). The largest absolute Gasteiger partial charge is 0.493 e. The third-order valence-electron chi connectivity index (χ3n) is 1.68. The average molecular weight is 212 g/mol. The van der Waals surface area contributed by atoms with E-state index in [0.29, 0.717) is 0 Å². The number of halogens is 2. The smallest absolute Gasteiger partial charge is 0.280 e. The zero-order chi connectivity index (χ0) is 11.4. The lowest BCUT2D eigenvalue weighted by molar-refractivity contribution is 0.111. The summed E-state index contributed by atoms with van der Waals surface area (Å²) in [5.41, 5.74) is -1.05. The van der Waals surface area contributed by atoms with Crippen LogP contribution in [0.2, 0.25) is 0 Å². The van der Waals surface area contributed by atoms with Gasteiger partial charge >= 0.3 is 0 Å². The van der Waals surface area contributed by atoms with Crippen LogP contribution in [0.5, 0.6) is 5.75 Å². The van der Waals surface area contributed by atoms with Crippen molar-refractivity contribution in [2.45, 2.75) is 6.43 Å². The molecule has 0 spiro atoms. The summed E-state index contributed by atoms with van der Waals surface area (Å²) in [6.07, 6.45) is -2.56. The molecule has 78 valence electrons. The fraction of sp³-hybridized carbons (Fsp3) is 0.222. The molecule has 0 N–H and O–H groups in total. The van der Waals surface area contributed by atoms with Crippen molar-refractivity contribution in [3.8, 4) is 11.8 Å². The number of ether oxygens (including phenoxy) is 1. The van der Waals surface area contributed by atoms with E-state index in [1.165, 1.54) is 7.11 Å². The normalized spacial score (nSPS) is 9.80. The molecule has 0 amide bonds. The second kappa shape index (κ2) is 4.46. The molecule has 15 heavy (non-hydrogen) atoms.